The number of amides is 1. The third-order valence-corrected chi connectivity index (χ3v) is 3.18. The van der Waals surface area contributed by atoms with Crippen molar-refractivity contribution in [2.45, 2.75) is 44.9 Å². The molecule has 0 aliphatic carbocycles. The van der Waals surface area contributed by atoms with Crippen molar-refractivity contribution in [3.05, 3.63) is 5.82 Å². The number of aryl methyl sites for hydroxylation is 1. The number of tetrazole rings is 1. The van der Waals surface area contributed by atoms with E-state index in [0.29, 0.717) is 19.0 Å². The van der Waals surface area contributed by atoms with Gasteiger partial charge in [0, 0.05) is 13.0 Å². The van der Waals surface area contributed by atoms with Crippen LogP contribution in [0.3, 0.4) is 0 Å². The lowest BCUT2D eigenvalue weighted by molar-refractivity contribution is -0.0663. The molecule has 9 heteroatoms. The fourth-order valence-corrected chi connectivity index (χ4v) is 2.22. The Morgan fingerprint density at radius 2 is 2.27 bits per heavy atom. The second kappa shape index (κ2) is 6.57. The van der Waals surface area contributed by atoms with E-state index in [1.807, 2.05) is 0 Å². The van der Waals surface area contributed by atoms with Crippen LogP contribution in [0.1, 0.15) is 26.6 Å². The van der Waals surface area contributed by atoms with Crippen molar-refractivity contribution in [1.82, 2.24) is 25.1 Å². The van der Waals surface area contributed by atoms with Crippen molar-refractivity contribution in [3.8, 4) is 0 Å². The fourth-order valence-electron chi connectivity index (χ4n) is 2.22. The monoisotopic (exact) mass is 313 g/mol. The minimum atomic E-state index is -0.850. The van der Waals surface area contributed by atoms with Gasteiger partial charge in [0.1, 0.15) is 5.60 Å². The number of hydrogen-bond donors (Lipinski definition) is 1. The first kappa shape index (κ1) is 16.6. The maximum absolute atomic E-state index is 12.3. The lowest BCUT2D eigenvalue weighted by Crippen LogP contribution is -2.55. The third-order valence-electron chi connectivity index (χ3n) is 3.18. The number of aliphatic hydroxyl groups is 1. The van der Waals surface area contributed by atoms with E-state index in [1.54, 1.807) is 27.8 Å². The quantitative estimate of drug-likeness (QED) is 0.820. The van der Waals surface area contributed by atoms with Crippen LogP contribution in [0, 0.1) is 0 Å². The van der Waals surface area contributed by atoms with Crippen LogP contribution in [0.4, 0.5) is 4.79 Å². The summed E-state index contributed by atoms with van der Waals surface area (Å²) < 4.78 is 10.8. The first-order valence-electron chi connectivity index (χ1n) is 7.24. The number of rotatable bonds is 3. The summed E-state index contributed by atoms with van der Waals surface area (Å²) in [6.45, 7) is 6.47. The Morgan fingerprint density at radius 3 is 2.86 bits per heavy atom. The van der Waals surface area contributed by atoms with Crippen LogP contribution in [-0.4, -0.2) is 73.8 Å². The van der Waals surface area contributed by atoms with Gasteiger partial charge < -0.3 is 14.6 Å². The van der Waals surface area contributed by atoms with Crippen LogP contribution < -0.4 is 0 Å². The first-order valence-corrected chi connectivity index (χ1v) is 7.24. The van der Waals surface area contributed by atoms with Crippen LogP contribution in [0.15, 0.2) is 0 Å². The summed E-state index contributed by atoms with van der Waals surface area (Å²) >= 11 is 0. The smallest absolute Gasteiger partial charge is 0.410 e. The number of nitrogens with zero attached hydrogens (tertiary/aromatic N) is 5. The number of aliphatic hydroxyl groups excluding tert-OH is 1. The van der Waals surface area contributed by atoms with Gasteiger partial charge in [0.2, 0.25) is 0 Å². The summed E-state index contributed by atoms with van der Waals surface area (Å²) in [4.78, 5) is 15.1. The third kappa shape index (κ3) is 4.38. The van der Waals surface area contributed by atoms with Gasteiger partial charge in [-0.3, -0.25) is 4.90 Å². The number of carbonyl (C=O) groups is 1. The number of morpholine rings is 1. The van der Waals surface area contributed by atoms with E-state index >= 15 is 0 Å². The summed E-state index contributed by atoms with van der Waals surface area (Å²) in [5.74, 6) is 0.421. The molecule has 2 rings (SSSR count). The number of ether oxygens (including phenoxy) is 2. The SMILES string of the molecule is Cn1nnc(CC(O)C2COCCN2C(=O)OC(C)(C)C)n1. The van der Waals surface area contributed by atoms with Crippen molar-refractivity contribution < 1.29 is 19.4 Å². The van der Waals surface area contributed by atoms with E-state index < -0.39 is 23.8 Å². The van der Waals surface area contributed by atoms with Crippen molar-refractivity contribution in [2.24, 2.45) is 7.05 Å². The van der Waals surface area contributed by atoms with Crippen LogP contribution in [0.5, 0.6) is 0 Å². The standard InChI is InChI=1S/C13H23N5O4/c1-13(2,3)22-12(20)18-5-6-21-8-9(18)10(19)7-11-14-16-17(4)15-11/h9-10,19H,5-8H2,1-4H3. The molecule has 0 spiro atoms. The highest BCUT2D eigenvalue weighted by Crippen LogP contribution is 2.18. The zero-order valence-corrected chi connectivity index (χ0v) is 13.4. The molecule has 0 radical (unpaired) electrons. The summed E-state index contributed by atoms with van der Waals surface area (Å²) in [5.41, 5.74) is -0.586. The van der Waals surface area contributed by atoms with E-state index in [2.05, 4.69) is 15.4 Å². The van der Waals surface area contributed by atoms with Gasteiger partial charge in [0.15, 0.2) is 5.82 Å². The van der Waals surface area contributed by atoms with Crippen molar-refractivity contribution in [2.75, 3.05) is 19.8 Å². The lowest BCUT2D eigenvalue weighted by atomic mass is 10.1. The average Bonchev–Trinajstić information content (AvgIpc) is 2.82. The largest absolute Gasteiger partial charge is 0.444 e. The molecular formula is C13H23N5O4. The molecule has 2 atom stereocenters. The molecule has 0 bridgehead atoms. The topological polar surface area (TPSA) is 103 Å². The fraction of sp³-hybridized carbons (Fsp3) is 0.846. The number of hydrogen-bond acceptors (Lipinski definition) is 7. The molecular weight excluding hydrogens is 290 g/mol. The van der Waals surface area contributed by atoms with Gasteiger partial charge in [0.25, 0.3) is 0 Å². The molecule has 1 aromatic rings. The van der Waals surface area contributed by atoms with E-state index in [9.17, 15) is 9.90 Å². The van der Waals surface area contributed by atoms with E-state index in [1.165, 1.54) is 9.70 Å². The van der Waals surface area contributed by atoms with Gasteiger partial charge >= 0.3 is 6.09 Å². The minimum Gasteiger partial charge on any atom is -0.444 e. The maximum atomic E-state index is 12.3. The molecule has 1 amide bonds. The van der Waals surface area contributed by atoms with Crippen molar-refractivity contribution in [1.29, 1.82) is 0 Å². The molecule has 0 saturated carbocycles. The van der Waals surface area contributed by atoms with Gasteiger partial charge in [-0.25, -0.2) is 4.79 Å². The molecule has 1 aliphatic rings. The van der Waals surface area contributed by atoms with Crippen LogP contribution in [0.25, 0.3) is 0 Å². The summed E-state index contributed by atoms with van der Waals surface area (Å²) in [6.07, 6.45) is -1.11. The normalized spacial score (nSPS) is 20.8. The van der Waals surface area contributed by atoms with Crippen LogP contribution in [0.2, 0.25) is 0 Å². The van der Waals surface area contributed by atoms with Crippen LogP contribution in [-0.2, 0) is 22.9 Å². The van der Waals surface area contributed by atoms with Gasteiger partial charge in [-0.15, -0.1) is 10.2 Å². The molecule has 1 aliphatic heterocycles. The van der Waals surface area contributed by atoms with Crippen molar-refractivity contribution in [3.63, 3.8) is 0 Å². The Bertz CT molecular complexity index is 513. The number of carbonyl (C=O) groups excluding carboxylic acids is 1. The molecule has 22 heavy (non-hydrogen) atoms. The lowest BCUT2D eigenvalue weighted by Gasteiger charge is -2.38. The van der Waals surface area contributed by atoms with Crippen LogP contribution >= 0.6 is 0 Å². The van der Waals surface area contributed by atoms with Gasteiger partial charge in [-0.2, -0.15) is 4.80 Å². The Balaban J connectivity index is 2.03. The summed E-state index contributed by atoms with van der Waals surface area (Å²) in [7, 11) is 1.65. The molecule has 1 N–H and O–H groups in total. The molecule has 1 fully saturated rings. The first-order chi connectivity index (χ1) is 10.3. The average molecular weight is 313 g/mol. The molecule has 1 aromatic heterocycles. The highest BCUT2D eigenvalue weighted by Gasteiger charge is 2.35. The van der Waals surface area contributed by atoms with E-state index in [4.69, 9.17) is 9.47 Å². The summed E-state index contributed by atoms with van der Waals surface area (Å²) in [6, 6.07) is -0.493. The highest BCUT2D eigenvalue weighted by molar-refractivity contribution is 5.68. The second-order valence-electron chi connectivity index (χ2n) is 6.28. The van der Waals surface area contributed by atoms with Gasteiger partial charge in [0.05, 0.1) is 32.4 Å². The zero-order chi connectivity index (χ0) is 16.3. The predicted octanol–water partition coefficient (Wildman–Crippen LogP) is -0.251. The Morgan fingerprint density at radius 1 is 1.55 bits per heavy atom. The summed E-state index contributed by atoms with van der Waals surface area (Å²) in [5, 5.41) is 22.0. The highest BCUT2D eigenvalue weighted by atomic mass is 16.6. The Hall–Kier alpha value is -1.74. The van der Waals surface area contributed by atoms with E-state index in [0.717, 1.165) is 0 Å². The van der Waals surface area contributed by atoms with Gasteiger partial charge in [-0.05, 0) is 26.0 Å². The second-order valence-corrected chi connectivity index (χ2v) is 6.28. The zero-order valence-electron chi connectivity index (χ0n) is 13.4. The molecule has 9 nitrogen and oxygen atoms in total. The molecule has 1 saturated heterocycles. The number of aromatic nitrogens is 4. The predicted molar refractivity (Wildman–Crippen MR) is 76.1 cm³/mol. The van der Waals surface area contributed by atoms with Crippen molar-refractivity contribution >= 4 is 6.09 Å². The van der Waals surface area contributed by atoms with E-state index in [-0.39, 0.29) is 13.0 Å². The molecule has 0 aromatic carbocycles. The maximum Gasteiger partial charge on any atom is 0.410 e. The molecule has 2 unspecified atom stereocenters. The molecule has 124 valence electrons. The Labute approximate surface area is 129 Å². The minimum absolute atomic E-state index is 0.196. The van der Waals surface area contributed by atoms with Gasteiger partial charge in [-0.1, -0.05) is 0 Å². The molecule has 2 heterocycles. The Kier molecular flexibility index (Phi) is 4.97.